The molecule has 2 aliphatic heterocycles. The van der Waals surface area contributed by atoms with E-state index in [1.165, 1.54) is 47.6 Å². The zero-order valence-electron chi connectivity index (χ0n) is 31.1. The fourth-order valence-corrected chi connectivity index (χ4v) is 10.6. The normalized spacial score (nSPS) is 28.8. The summed E-state index contributed by atoms with van der Waals surface area (Å²) < 4.78 is 98.5. The molecule has 8 N–H and O–H groups in total. The number of aliphatic hydroxyl groups excluding tert-OH is 2. The number of hydrogen-bond acceptors (Lipinski definition) is 25. The van der Waals surface area contributed by atoms with Crippen LogP contribution >= 0.6 is 31.3 Å². The van der Waals surface area contributed by atoms with Crippen LogP contribution in [0.4, 0.5) is 11.9 Å². The van der Waals surface area contributed by atoms with E-state index in [9.17, 15) is 58.3 Å². The summed E-state index contributed by atoms with van der Waals surface area (Å²) in [7, 11) is -18.4. The van der Waals surface area contributed by atoms with Crippen molar-refractivity contribution in [3.05, 3.63) is 12.7 Å². The van der Waals surface area contributed by atoms with Crippen molar-refractivity contribution in [3.63, 3.8) is 0 Å². The van der Waals surface area contributed by atoms with E-state index in [0.717, 1.165) is 4.57 Å². The van der Waals surface area contributed by atoms with Crippen molar-refractivity contribution in [2.75, 3.05) is 45.5 Å². The monoisotopic (exact) mass is 936 g/mol. The molecule has 4 aromatic rings. The highest BCUT2D eigenvalue weighted by molar-refractivity contribution is 7.66. The van der Waals surface area contributed by atoms with Gasteiger partial charge >= 0.3 is 26.9 Å². The van der Waals surface area contributed by atoms with Gasteiger partial charge in [0.05, 0.1) is 40.0 Å². The summed E-state index contributed by atoms with van der Waals surface area (Å²) in [5.74, 6) is -3.48. The van der Waals surface area contributed by atoms with Gasteiger partial charge in [0, 0.05) is 31.9 Å². The molecule has 0 spiro atoms. The van der Waals surface area contributed by atoms with E-state index in [0.29, 0.717) is 7.11 Å². The summed E-state index contributed by atoms with van der Waals surface area (Å²) >= 11 is 0. The highest BCUT2D eigenvalue weighted by atomic mass is 31.3. The molecule has 0 radical (unpaired) electrons. The molecule has 2 fully saturated rings. The number of aliphatic hydroxyl groups is 2. The Morgan fingerprint density at radius 2 is 1.25 bits per heavy atom. The predicted octanol–water partition coefficient (Wildman–Crippen LogP) is -5.15. The molecule has 0 aliphatic carbocycles. The number of nitrogen functional groups attached to an aromatic ring is 2. The fourth-order valence-electron chi connectivity index (χ4n) is 6.47. The molecule has 4 aromatic heterocycles. The molecule has 0 aromatic carbocycles. The van der Waals surface area contributed by atoms with Crippen molar-refractivity contribution in [1.29, 1.82) is 0 Å². The smallest absolute Gasteiger partial charge is 0.487 e. The summed E-state index contributed by atoms with van der Waals surface area (Å²) in [4.78, 5) is 60.4. The number of nitrogens with two attached hydrogens (primary N) is 2. The van der Waals surface area contributed by atoms with Crippen LogP contribution in [0.3, 0.4) is 0 Å². The topological polar surface area (TPSA) is 446 Å². The van der Waals surface area contributed by atoms with Gasteiger partial charge in [-0.05, 0) is 0 Å². The number of hydrogen-bond donors (Lipinski definition) is 6. The molecule has 0 bridgehead atoms. The van der Waals surface area contributed by atoms with Crippen LogP contribution in [0.1, 0.15) is 12.5 Å². The number of ether oxygens (including phenoxy) is 3. The van der Waals surface area contributed by atoms with E-state index < -0.39 is 111 Å². The van der Waals surface area contributed by atoms with Gasteiger partial charge in [0.25, 0.3) is 27.5 Å². The van der Waals surface area contributed by atoms with E-state index >= 15 is 0 Å². The first-order chi connectivity index (χ1) is 27.9. The molecule has 12 atom stereocenters. The van der Waals surface area contributed by atoms with Gasteiger partial charge in [0.15, 0.2) is 23.7 Å². The van der Waals surface area contributed by atoms with E-state index in [1.807, 2.05) is 0 Å². The van der Waals surface area contributed by atoms with Crippen LogP contribution in [0.5, 0.6) is 11.8 Å². The molecule has 60 heavy (non-hydrogen) atoms. The quantitative estimate of drug-likeness (QED) is 0.0426. The minimum absolute atomic E-state index is 0.0130. The number of phosphoric ester groups is 3. The third-order valence-corrected chi connectivity index (χ3v) is 14.1. The molecule has 334 valence electrons. The van der Waals surface area contributed by atoms with Crippen LogP contribution in [0.25, 0.3) is 22.3 Å². The Morgan fingerprint density at radius 3 is 1.77 bits per heavy atom. The SMILES string of the molecule is COCC1C(O)[C@H]([n+]2cn(C)c3c([O-])nc(N)nc32)O[C@@H]1COP(=O)(O)OP(=O)(O)OP(=O)([O-])OC[C@H]1O[C@@H]([n+]2cn(C)c3c([O-])nc(N)nc32)[C@@H](O)C1OP(=O)([O-])OC. The Labute approximate surface area is 335 Å². The average molecular weight is 937 g/mol. The van der Waals surface area contributed by atoms with Crippen LogP contribution < -0.4 is 40.6 Å². The number of fused-ring (bicyclic) bond motifs is 2. The second-order valence-corrected chi connectivity index (χ2v) is 19.0. The molecule has 0 saturated carbocycles. The Kier molecular flexibility index (Phi) is 13.1. The highest BCUT2D eigenvalue weighted by Crippen LogP contribution is 2.66. The van der Waals surface area contributed by atoms with Crippen molar-refractivity contribution in [1.82, 2.24) is 29.1 Å². The lowest BCUT2D eigenvalue weighted by Gasteiger charge is -2.30. The van der Waals surface area contributed by atoms with Crippen molar-refractivity contribution in [2.45, 2.75) is 43.0 Å². The summed E-state index contributed by atoms with van der Waals surface area (Å²) in [6.07, 6.45) is -9.24. The lowest BCUT2D eigenvalue weighted by molar-refractivity contribution is -0.746. The second kappa shape index (κ2) is 17.1. The number of anilines is 2. The zero-order valence-corrected chi connectivity index (χ0v) is 34.7. The third kappa shape index (κ3) is 9.64. The van der Waals surface area contributed by atoms with Crippen LogP contribution in [-0.4, -0.2) is 114 Å². The highest BCUT2D eigenvalue weighted by Gasteiger charge is 2.52. The second-order valence-electron chi connectivity index (χ2n) is 13.0. The maximum absolute atomic E-state index is 12.8. The third-order valence-electron chi connectivity index (χ3n) is 8.91. The maximum Gasteiger partial charge on any atom is 0.487 e. The Balaban J connectivity index is 1.12. The summed E-state index contributed by atoms with van der Waals surface area (Å²) in [5, 5.41) is 47.1. The lowest BCUT2D eigenvalue weighted by atomic mass is 9.99. The number of nitrogens with zero attached hydrogens (tertiary/aromatic N) is 8. The van der Waals surface area contributed by atoms with Crippen molar-refractivity contribution < 1.29 is 108 Å². The molecule has 2 saturated heterocycles. The minimum Gasteiger partial charge on any atom is -0.856 e. The first kappa shape index (κ1) is 46.1. The first-order valence-corrected chi connectivity index (χ1v) is 22.6. The molecule has 35 heteroatoms. The molecule has 31 nitrogen and oxygen atoms in total. The van der Waals surface area contributed by atoms with Gasteiger partial charge in [0.1, 0.15) is 24.4 Å². The van der Waals surface area contributed by atoms with Gasteiger partial charge in [-0.3, -0.25) is 22.8 Å². The molecular weight excluding hydrogens is 900 g/mol. The van der Waals surface area contributed by atoms with E-state index in [2.05, 4.69) is 37.6 Å². The van der Waals surface area contributed by atoms with Crippen molar-refractivity contribution >= 4 is 65.5 Å². The summed E-state index contributed by atoms with van der Waals surface area (Å²) in [6, 6.07) is 0. The number of methoxy groups -OCH3 is 1. The van der Waals surface area contributed by atoms with Crippen LogP contribution in [0, 0.1) is 5.92 Å². The Morgan fingerprint density at radius 1 is 0.750 bits per heavy atom. The molecule has 6 heterocycles. The molecular formula is C25H36N10O21P4-2. The van der Waals surface area contributed by atoms with Gasteiger partial charge in [-0.15, -0.1) is 0 Å². The maximum atomic E-state index is 12.8. The molecule has 0 amide bonds. The number of aromatic nitrogens is 8. The number of phosphoric acid groups is 4. The fraction of sp³-hybridized carbons (Fsp3) is 0.600. The predicted molar refractivity (Wildman–Crippen MR) is 181 cm³/mol. The first-order valence-electron chi connectivity index (χ1n) is 16.7. The van der Waals surface area contributed by atoms with Gasteiger partial charge in [-0.2, -0.15) is 4.31 Å². The van der Waals surface area contributed by atoms with Crippen LogP contribution in [0.2, 0.25) is 0 Å². The van der Waals surface area contributed by atoms with E-state index in [1.54, 1.807) is 0 Å². The van der Waals surface area contributed by atoms with Crippen molar-refractivity contribution in [2.24, 2.45) is 20.0 Å². The number of rotatable bonds is 17. The minimum atomic E-state index is -6.17. The molecule has 7 unspecified atom stereocenters. The van der Waals surface area contributed by atoms with E-state index in [-0.39, 0.29) is 34.9 Å². The van der Waals surface area contributed by atoms with Crippen LogP contribution in [0.15, 0.2) is 12.7 Å². The van der Waals surface area contributed by atoms with Gasteiger partial charge in [-0.1, -0.05) is 9.97 Å². The average Bonchev–Trinajstić information content (AvgIpc) is 3.82. The number of imidazole rings is 2. The van der Waals surface area contributed by atoms with Gasteiger partial charge < -0.3 is 79.2 Å². The largest absolute Gasteiger partial charge is 0.856 e. The van der Waals surface area contributed by atoms with Gasteiger partial charge in [-0.25, -0.2) is 32.5 Å². The zero-order chi connectivity index (χ0) is 44.3. The Bertz CT molecular complexity index is 2460. The van der Waals surface area contributed by atoms with Gasteiger partial charge in [0.2, 0.25) is 12.5 Å². The lowest BCUT2D eigenvalue weighted by Crippen LogP contribution is -2.46. The molecule has 2 aliphatic rings. The number of aryl methyl sites for hydroxylation is 2. The standard InChI is InChI=1S/C25H38N10O21P4/c1-32-8-34(18-13(32)20(38)30-24(26)28-18)22-15(36)10(5-48-3)11(52-22)6-50-58(42,43)55-60(46,47)56-59(44,45)51-7-12-17(54-57(40,41)49-4)16(37)23(53-12)35-9-33(2)14-19(35)29-25(27)31-21(14)39/h8-12,15-17,22-23,36-37H,5-7H2,1-4H3,(H8-2,26,27,28,29,30,31,38,39,40,41,42,43,44,45,46,47)/p-2/t10?,11-,12-,15?,16+,17?,22-,23-/m1/s1. The summed E-state index contributed by atoms with van der Waals surface area (Å²) in [5.41, 5.74) is 10.8. The van der Waals surface area contributed by atoms with Crippen molar-refractivity contribution in [3.8, 4) is 11.8 Å². The van der Waals surface area contributed by atoms with Crippen LogP contribution in [-0.2, 0) is 73.3 Å². The molecule has 6 rings (SSSR count). The van der Waals surface area contributed by atoms with E-state index in [4.69, 9.17) is 34.7 Å². The summed E-state index contributed by atoms with van der Waals surface area (Å²) in [6.45, 7) is -2.53. The Hall–Kier alpha value is -3.38.